The van der Waals surface area contributed by atoms with Crippen molar-refractivity contribution in [1.29, 1.82) is 0 Å². The predicted octanol–water partition coefficient (Wildman–Crippen LogP) is 5.04. The minimum atomic E-state index is -0.779. The second-order valence-electron chi connectivity index (χ2n) is 9.14. The van der Waals surface area contributed by atoms with Crippen LogP contribution in [0.15, 0.2) is 36.4 Å². The number of benzene rings is 2. The van der Waals surface area contributed by atoms with Crippen molar-refractivity contribution < 1.29 is 19.0 Å². The Morgan fingerprint density at radius 1 is 1.10 bits per heavy atom. The zero-order chi connectivity index (χ0) is 22.6. The van der Waals surface area contributed by atoms with Crippen molar-refractivity contribution in [3.63, 3.8) is 0 Å². The molecular formula is C26H36FNO3. The van der Waals surface area contributed by atoms with E-state index in [-0.39, 0.29) is 17.7 Å². The van der Waals surface area contributed by atoms with Gasteiger partial charge in [-0.2, -0.15) is 0 Å². The van der Waals surface area contributed by atoms with Crippen molar-refractivity contribution in [1.82, 2.24) is 5.32 Å². The second kappa shape index (κ2) is 10.0. The number of halogens is 1. The lowest BCUT2D eigenvalue weighted by Gasteiger charge is -2.44. The number of rotatable bonds is 9. The first kappa shape index (κ1) is 23.6. The molecule has 0 aromatic heterocycles. The van der Waals surface area contributed by atoms with Gasteiger partial charge in [-0.3, -0.25) is 0 Å². The SMILES string of the molecule is COc1ccc(C(C)CNCC[C@]2(O)CCc3cc(F)ccc3[C@H]2C(C)C)cc1OC. The Morgan fingerprint density at radius 2 is 1.84 bits per heavy atom. The summed E-state index contributed by atoms with van der Waals surface area (Å²) in [7, 11) is 3.28. The Balaban J connectivity index is 1.61. The number of nitrogens with one attached hydrogen (secondary N) is 1. The van der Waals surface area contributed by atoms with Gasteiger partial charge >= 0.3 is 0 Å². The van der Waals surface area contributed by atoms with E-state index in [2.05, 4.69) is 32.2 Å². The highest BCUT2D eigenvalue weighted by Gasteiger charge is 2.42. The lowest BCUT2D eigenvalue weighted by molar-refractivity contribution is -0.0241. The molecule has 170 valence electrons. The molecule has 3 rings (SSSR count). The summed E-state index contributed by atoms with van der Waals surface area (Å²) < 4.78 is 24.4. The van der Waals surface area contributed by atoms with E-state index in [0.29, 0.717) is 18.8 Å². The number of ether oxygens (including phenoxy) is 2. The molecule has 0 saturated heterocycles. The molecule has 0 bridgehead atoms. The highest BCUT2D eigenvalue weighted by atomic mass is 19.1. The summed E-state index contributed by atoms with van der Waals surface area (Å²) in [6, 6.07) is 11.0. The van der Waals surface area contributed by atoms with E-state index in [1.807, 2.05) is 18.2 Å². The maximum atomic E-state index is 13.7. The average molecular weight is 430 g/mol. The van der Waals surface area contributed by atoms with Crippen LogP contribution in [0.5, 0.6) is 11.5 Å². The van der Waals surface area contributed by atoms with Gasteiger partial charge in [0.15, 0.2) is 11.5 Å². The van der Waals surface area contributed by atoms with Gasteiger partial charge in [-0.25, -0.2) is 4.39 Å². The molecule has 3 atom stereocenters. The van der Waals surface area contributed by atoms with E-state index < -0.39 is 5.60 Å². The first-order chi connectivity index (χ1) is 14.8. The third-order valence-corrected chi connectivity index (χ3v) is 6.67. The van der Waals surface area contributed by atoms with Crippen LogP contribution in [0.3, 0.4) is 0 Å². The highest BCUT2D eigenvalue weighted by molar-refractivity contribution is 5.44. The first-order valence-electron chi connectivity index (χ1n) is 11.2. The second-order valence-corrected chi connectivity index (χ2v) is 9.14. The Morgan fingerprint density at radius 3 is 2.52 bits per heavy atom. The summed E-state index contributed by atoms with van der Waals surface area (Å²) >= 11 is 0. The Labute approximate surface area is 185 Å². The third kappa shape index (κ3) is 5.21. The van der Waals surface area contributed by atoms with Crippen LogP contribution in [0.25, 0.3) is 0 Å². The van der Waals surface area contributed by atoms with Gasteiger partial charge in [0.2, 0.25) is 0 Å². The number of methoxy groups -OCH3 is 2. The standard InChI is InChI=1S/C26H36FNO3/c1-17(2)25-22-8-7-21(27)14-20(22)10-11-26(25,29)12-13-28-16-18(3)19-6-9-23(30-4)24(15-19)31-5/h6-9,14-15,17-18,25,28-29H,10-13,16H2,1-5H3/t18?,25-,26-/m1/s1. The zero-order valence-corrected chi connectivity index (χ0v) is 19.4. The van der Waals surface area contributed by atoms with E-state index in [0.717, 1.165) is 42.1 Å². The monoisotopic (exact) mass is 429 g/mol. The molecule has 0 fully saturated rings. The summed E-state index contributed by atoms with van der Waals surface area (Å²) in [5.41, 5.74) is 2.54. The third-order valence-electron chi connectivity index (χ3n) is 6.67. The maximum absolute atomic E-state index is 13.7. The van der Waals surface area contributed by atoms with Crippen LogP contribution in [0.2, 0.25) is 0 Å². The molecule has 1 aliphatic carbocycles. The number of fused-ring (bicyclic) bond motifs is 1. The van der Waals surface area contributed by atoms with Crippen molar-refractivity contribution in [2.45, 2.75) is 57.5 Å². The molecular weight excluding hydrogens is 393 g/mol. The molecule has 2 N–H and O–H groups in total. The van der Waals surface area contributed by atoms with Crippen molar-refractivity contribution >= 4 is 0 Å². The van der Waals surface area contributed by atoms with Crippen molar-refractivity contribution in [3.8, 4) is 11.5 Å². The molecule has 0 radical (unpaired) electrons. The first-order valence-corrected chi connectivity index (χ1v) is 11.2. The van der Waals surface area contributed by atoms with Gasteiger partial charge in [-0.05, 0) is 78.6 Å². The van der Waals surface area contributed by atoms with Gasteiger partial charge in [0, 0.05) is 12.5 Å². The molecule has 2 aromatic carbocycles. The zero-order valence-electron chi connectivity index (χ0n) is 19.4. The van der Waals surface area contributed by atoms with Gasteiger partial charge in [0.1, 0.15) is 5.82 Å². The largest absolute Gasteiger partial charge is 0.493 e. The molecule has 31 heavy (non-hydrogen) atoms. The lowest BCUT2D eigenvalue weighted by Crippen LogP contribution is -2.45. The highest BCUT2D eigenvalue weighted by Crippen LogP contribution is 2.45. The maximum Gasteiger partial charge on any atom is 0.160 e. The minimum Gasteiger partial charge on any atom is -0.493 e. The molecule has 0 spiro atoms. The quantitative estimate of drug-likeness (QED) is 0.548. The molecule has 1 aliphatic rings. The van der Waals surface area contributed by atoms with Crippen molar-refractivity contribution in [3.05, 3.63) is 58.9 Å². The van der Waals surface area contributed by atoms with E-state index >= 15 is 0 Å². The molecule has 1 unspecified atom stereocenters. The summed E-state index contributed by atoms with van der Waals surface area (Å²) in [5, 5.41) is 15.1. The fraction of sp³-hybridized carbons (Fsp3) is 0.538. The fourth-order valence-electron chi connectivity index (χ4n) is 5.05. The smallest absolute Gasteiger partial charge is 0.160 e. The predicted molar refractivity (Wildman–Crippen MR) is 123 cm³/mol. The summed E-state index contributed by atoms with van der Waals surface area (Å²) in [4.78, 5) is 0. The van der Waals surface area contributed by atoms with Crippen LogP contribution in [0.1, 0.15) is 62.1 Å². The number of aliphatic hydroxyl groups is 1. The summed E-state index contributed by atoms with van der Waals surface area (Å²) in [6.45, 7) is 7.99. The molecule has 2 aromatic rings. The summed E-state index contributed by atoms with van der Waals surface area (Å²) in [5.74, 6) is 1.86. The Kier molecular flexibility index (Phi) is 7.60. The molecule has 0 saturated carbocycles. The molecule has 0 heterocycles. The van der Waals surface area contributed by atoms with E-state index in [1.54, 1.807) is 20.3 Å². The average Bonchev–Trinajstić information content (AvgIpc) is 2.75. The van der Waals surface area contributed by atoms with E-state index in [1.165, 1.54) is 11.6 Å². The Hall–Kier alpha value is -2.11. The van der Waals surface area contributed by atoms with Crippen LogP contribution in [-0.2, 0) is 6.42 Å². The van der Waals surface area contributed by atoms with Gasteiger partial charge in [-0.1, -0.05) is 32.9 Å². The van der Waals surface area contributed by atoms with E-state index in [9.17, 15) is 9.50 Å². The fourth-order valence-corrected chi connectivity index (χ4v) is 5.05. The number of aryl methyl sites for hydroxylation is 1. The van der Waals surface area contributed by atoms with Gasteiger partial charge in [0.05, 0.1) is 19.8 Å². The van der Waals surface area contributed by atoms with Crippen molar-refractivity contribution in [2.75, 3.05) is 27.3 Å². The van der Waals surface area contributed by atoms with Crippen molar-refractivity contribution in [2.24, 2.45) is 5.92 Å². The summed E-state index contributed by atoms with van der Waals surface area (Å²) in [6.07, 6.45) is 2.05. The number of hydrogen-bond acceptors (Lipinski definition) is 4. The lowest BCUT2D eigenvalue weighted by atomic mass is 9.66. The van der Waals surface area contributed by atoms with Crippen LogP contribution in [-0.4, -0.2) is 38.0 Å². The molecule has 0 aliphatic heterocycles. The number of hydrogen-bond donors (Lipinski definition) is 2. The normalized spacial score (nSPS) is 21.6. The van der Waals surface area contributed by atoms with Crippen LogP contribution >= 0.6 is 0 Å². The van der Waals surface area contributed by atoms with Crippen LogP contribution in [0, 0.1) is 11.7 Å². The Bertz CT molecular complexity index is 885. The van der Waals surface area contributed by atoms with E-state index in [4.69, 9.17) is 9.47 Å². The minimum absolute atomic E-state index is 0.0157. The molecule has 4 nitrogen and oxygen atoms in total. The van der Waals surface area contributed by atoms with Gasteiger partial charge in [0.25, 0.3) is 0 Å². The molecule has 0 amide bonds. The topological polar surface area (TPSA) is 50.7 Å². The van der Waals surface area contributed by atoms with Crippen LogP contribution < -0.4 is 14.8 Å². The van der Waals surface area contributed by atoms with Crippen LogP contribution in [0.4, 0.5) is 4.39 Å². The van der Waals surface area contributed by atoms with Gasteiger partial charge in [-0.15, -0.1) is 0 Å². The van der Waals surface area contributed by atoms with Gasteiger partial charge < -0.3 is 19.9 Å². The molecule has 5 heteroatoms.